The lowest BCUT2D eigenvalue weighted by Crippen LogP contribution is -2.49. The highest BCUT2D eigenvalue weighted by molar-refractivity contribution is 7.21. The lowest BCUT2D eigenvalue weighted by atomic mass is 9.71. The van der Waals surface area contributed by atoms with E-state index >= 15 is 4.39 Å². The van der Waals surface area contributed by atoms with E-state index in [0.29, 0.717) is 49.6 Å². The Morgan fingerprint density at radius 2 is 2.15 bits per heavy atom. The van der Waals surface area contributed by atoms with Gasteiger partial charge in [0.15, 0.2) is 0 Å². The molecule has 34 heavy (non-hydrogen) atoms. The van der Waals surface area contributed by atoms with Crippen LogP contribution in [0.2, 0.25) is 0 Å². The summed E-state index contributed by atoms with van der Waals surface area (Å²) in [7, 11) is 0. The van der Waals surface area contributed by atoms with Gasteiger partial charge in [-0.1, -0.05) is 0 Å². The molecule has 0 radical (unpaired) electrons. The van der Waals surface area contributed by atoms with Gasteiger partial charge in [0, 0.05) is 31.3 Å². The van der Waals surface area contributed by atoms with Crippen LogP contribution in [-0.4, -0.2) is 41.6 Å². The predicted molar refractivity (Wildman–Crippen MR) is 127 cm³/mol. The fourth-order valence-corrected chi connectivity index (χ4v) is 6.40. The van der Waals surface area contributed by atoms with E-state index in [0.717, 1.165) is 18.8 Å². The Hall–Kier alpha value is -3.45. The molecule has 0 unspecified atom stereocenters. The van der Waals surface area contributed by atoms with Crippen LogP contribution < -0.4 is 20.7 Å². The number of aryl methyl sites for hydroxylation is 1. The van der Waals surface area contributed by atoms with Crippen molar-refractivity contribution < 1.29 is 13.9 Å². The van der Waals surface area contributed by atoms with Crippen LogP contribution in [0.25, 0.3) is 10.3 Å². The number of amides is 1. The number of ether oxygens (including phenoxy) is 1. The Morgan fingerprint density at radius 1 is 1.38 bits per heavy atom. The highest BCUT2D eigenvalue weighted by Crippen LogP contribution is 2.44. The number of nitrogens with two attached hydrogens (primary N) is 1. The number of carbonyl (C=O) groups is 1. The van der Waals surface area contributed by atoms with Crippen LogP contribution in [0.15, 0.2) is 12.3 Å². The van der Waals surface area contributed by atoms with Gasteiger partial charge in [0.25, 0.3) is 5.91 Å². The largest absolute Gasteiger partial charge is 0.490 e. The summed E-state index contributed by atoms with van der Waals surface area (Å²) in [6.45, 7) is 3.66. The molecule has 1 saturated carbocycles. The van der Waals surface area contributed by atoms with Gasteiger partial charge in [-0.2, -0.15) is 5.26 Å². The van der Waals surface area contributed by atoms with Crippen molar-refractivity contribution in [1.82, 2.24) is 15.3 Å². The monoisotopic (exact) mass is 478 g/mol. The number of halogens is 1. The van der Waals surface area contributed by atoms with Crippen LogP contribution in [0.5, 0.6) is 5.75 Å². The molecule has 5 heterocycles. The third-order valence-corrected chi connectivity index (χ3v) is 8.12. The molecule has 10 heteroatoms. The van der Waals surface area contributed by atoms with Gasteiger partial charge in [-0.05, 0) is 37.7 Å². The molecule has 3 aromatic rings. The number of anilines is 2. The molecular weight excluding hydrogens is 455 g/mol. The molecule has 3 aliphatic heterocycles. The van der Waals surface area contributed by atoms with Crippen molar-refractivity contribution in [3.05, 3.63) is 39.8 Å². The summed E-state index contributed by atoms with van der Waals surface area (Å²) < 4.78 is 21.1. The van der Waals surface area contributed by atoms with Gasteiger partial charge in [0.2, 0.25) is 0 Å². The Balaban J connectivity index is 1.24. The summed E-state index contributed by atoms with van der Waals surface area (Å²) in [6.07, 6.45) is 4.28. The number of nitrogen functional groups attached to an aromatic ring is 1. The first-order valence-electron chi connectivity index (χ1n) is 11.4. The van der Waals surface area contributed by atoms with Crippen molar-refractivity contribution >= 4 is 39.0 Å². The zero-order valence-corrected chi connectivity index (χ0v) is 19.4. The topological polar surface area (TPSA) is 117 Å². The van der Waals surface area contributed by atoms with Crippen LogP contribution in [0.3, 0.4) is 0 Å². The van der Waals surface area contributed by atoms with Gasteiger partial charge in [-0.15, -0.1) is 11.3 Å². The van der Waals surface area contributed by atoms with Crippen LogP contribution in [-0.2, 0) is 6.42 Å². The summed E-state index contributed by atoms with van der Waals surface area (Å²) in [6, 6.07) is 3.24. The summed E-state index contributed by atoms with van der Waals surface area (Å²) in [5.41, 5.74) is 8.98. The van der Waals surface area contributed by atoms with Gasteiger partial charge in [-0.3, -0.25) is 4.79 Å². The van der Waals surface area contributed by atoms with Gasteiger partial charge in [0.1, 0.15) is 45.0 Å². The van der Waals surface area contributed by atoms with Crippen LogP contribution in [0.4, 0.5) is 15.8 Å². The SMILES string of the molecule is Cc1cnc2c(N)c(C(=O)N[C@H]3COc4c(C#N)c(N5CC6CC(C6)C5)cc(F)c4C3)sc2n1. The van der Waals surface area contributed by atoms with Gasteiger partial charge < -0.3 is 20.7 Å². The van der Waals surface area contributed by atoms with Crippen molar-refractivity contribution in [2.24, 2.45) is 11.8 Å². The summed E-state index contributed by atoms with van der Waals surface area (Å²) >= 11 is 1.18. The molecule has 1 amide bonds. The minimum atomic E-state index is -0.457. The third-order valence-electron chi connectivity index (χ3n) is 7.03. The van der Waals surface area contributed by atoms with Crippen molar-refractivity contribution in [2.45, 2.75) is 32.2 Å². The normalized spacial score (nSPS) is 23.0. The molecule has 1 aromatic carbocycles. The predicted octanol–water partition coefficient (Wildman–Crippen LogP) is 3.17. The van der Waals surface area contributed by atoms with E-state index in [1.165, 1.54) is 30.2 Å². The number of rotatable bonds is 3. The summed E-state index contributed by atoms with van der Waals surface area (Å²) in [5, 5.41) is 12.8. The highest BCUT2D eigenvalue weighted by Gasteiger charge is 2.39. The fraction of sp³-hybridized carbons (Fsp3) is 0.417. The van der Waals surface area contributed by atoms with E-state index < -0.39 is 11.9 Å². The molecule has 2 bridgehead atoms. The number of hydrogen-bond acceptors (Lipinski definition) is 8. The number of aromatic nitrogens is 2. The molecule has 0 spiro atoms. The Bertz CT molecular complexity index is 1370. The number of nitrogens with one attached hydrogen (secondary N) is 1. The molecule has 3 fully saturated rings. The highest BCUT2D eigenvalue weighted by atomic mass is 32.1. The van der Waals surface area contributed by atoms with Crippen LogP contribution >= 0.6 is 11.3 Å². The van der Waals surface area contributed by atoms with E-state index in [4.69, 9.17) is 10.5 Å². The van der Waals surface area contributed by atoms with Gasteiger partial charge >= 0.3 is 0 Å². The Kier molecular flexibility index (Phi) is 4.85. The maximum Gasteiger partial charge on any atom is 0.263 e. The van der Waals surface area contributed by atoms with Crippen molar-refractivity contribution in [1.29, 1.82) is 5.26 Å². The second-order valence-corrected chi connectivity index (χ2v) is 10.5. The minimum Gasteiger partial charge on any atom is -0.490 e. The molecule has 3 N–H and O–H groups in total. The lowest BCUT2D eigenvalue weighted by molar-refractivity contribution is 0.0919. The Morgan fingerprint density at radius 3 is 2.88 bits per heavy atom. The minimum absolute atomic E-state index is 0.141. The fourth-order valence-electron chi connectivity index (χ4n) is 5.40. The van der Waals surface area contributed by atoms with E-state index in [-0.39, 0.29) is 24.6 Å². The number of nitriles is 1. The average Bonchev–Trinajstić information content (AvgIpc) is 3.14. The summed E-state index contributed by atoms with van der Waals surface area (Å²) in [5.74, 6) is 0.767. The van der Waals surface area contributed by atoms with Crippen LogP contribution in [0, 0.1) is 35.9 Å². The van der Waals surface area contributed by atoms with E-state index in [2.05, 4.69) is 26.3 Å². The molecule has 2 saturated heterocycles. The van der Waals surface area contributed by atoms with E-state index in [1.54, 1.807) is 6.20 Å². The smallest absolute Gasteiger partial charge is 0.263 e. The van der Waals surface area contributed by atoms with Crippen molar-refractivity contribution in [2.75, 3.05) is 30.3 Å². The molecular formula is C24H23FN6O2S. The molecule has 2 aromatic heterocycles. The molecule has 4 aliphatic rings. The lowest BCUT2D eigenvalue weighted by Gasteiger charge is -2.48. The number of carbonyl (C=O) groups excluding carboxylic acids is 1. The first-order valence-corrected chi connectivity index (χ1v) is 12.2. The number of hydrogen-bond donors (Lipinski definition) is 2. The summed E-state index contributed by atoms with van der Waals surface area (Å²) in [4.78, 5) is 24.7. The van der Waals surface area contributed by atoms with Crippen molar-refractivity contribution in [3.8, 4) is 11.8 Å². The van der Waals surface area contributed by atoms with Gasteiger partial charge in [0.05, 0.1) is 23.1 Å². The molecule has 8 nitrogen and oxygen atoms in total. The first kappa shape index (κ1) is 21.1. The number of piperidine rings is 2. The Labute approximate surface area is 199 Å². The average molecular weight is 479 g/mol. The van der Waals surface area contributed by atoms with E-state index in [1.807, 2.05) is 6.92 Å². The maximum atomic E-state index is 15.2. The van der Waals surface area contributed by atoms with E-state index in [9.17, 15) is 10.1 Å². The molecule has 1 atom stereocenters. The molecule has 1 aliphatic carbocycles. The number of benzene rings is 1. The molecule has 7 rings (SSSR count). The first-order chi connectivity index (χ1) is 16.4. The number of fused-ring (bicyclic) bond motifs is 4. The second-order valence-electron chi connectivity index (χ2n) is 9.48. The quantitative estimate of drug-likeness (QED) is 0.594. The zero-order chi connectivity index (χ0) is 23.6. The van der Waals surface area contributed by atoms with Crippen molar-refractivity contribution in [3.63, 3.8) is 0 Å². The van der Waals surface area contributed by atoms with Crippen LogP contribution in [0.1, 0.15) is 39.3 Å². The van der Waals surface area contributed by atoms with Gasteiger partial charge in [-0.25, -0.2) is 14.4 Å². The number of thiophene rings is 1. The molecule has 174 valence electrons. The number of nitrogens with zero attached hydrogens (tertiary/aromatic N) is 4. The third kappa shape index (κ3) is 3.34. The second kappa shape index (κ2) is 7.81. The maximum absolute atomic E-state index is 15.2. The zero-order valence-electron chi connectivity index (χ0n) is 18.6. The standard InChI is InChI=1S/C24H23FN6O2S/c1-11-7-28-20-19(27)22(34-24(20)29-11)23(32)30-14-4-15-17(25)5-18(16(6-26)21(15)33-10-14)31-8-12-2-13(3-12)9-31/h5,7,12-14H,2-4,8-10,27H2,1H3,(H,30,32)/t12?,13?,14-/m1/s1.